The van der Waals surface area contributed by atoms with Crippen molar-refractivity contribution in [1.82, 2.24) is 9.97 Å². The van der Waals surface area contributed by atoms with E-state index in [1.807, 2.05) is 72.9 Å². The zero-order valence-corrected chi connectivity index (χ0v) is 72.9. The fourth-order valence-electron chi connectivity index (χ4n) is 14.9. The number of unbranched alkanes of at least 4 members (excludes halogenated alkanes) is 20. The minimum atomic E-state index is -0.0161. The number of benzene rings is 6. The van der Waals surface area contributed by atoms with Gasteiger partial charge in [0.05, 0.1) is 12.8 Å². The molecule has 6 nitrogen and oxygen atoms in total. The summed E-state index contributed by atoms with van der Waals surface area (Å²) in [4.78, 5) is 55.0. The van der Waals surface area contributed by atoms with Gasteiger partial charge in [-0.2, -0.15) is 0 Å². The molecule has 6 aromatic carbocycles. The van der Waals surface area contributed by atoms with Gasteiger partial charge in [0, 0.05) is 99.9 Å². The first-order chi connectivity index (χ1) is 49.1. The zero-order valence-electron chi connectivity index (χ0n) is 60.9. The maximum atomic E-state index is 11.7. The largest absolute Gasteiger partial charge is 0.305 e. The zero-order chi connectivity index (χ0) is 71.7. The van der Waals surface area contributed by atoms with E-state index in [0.29, 0.717) is 12.8 Å². The smallest absolute Gasteiger partial charge is 0.140 e. The van der Waals surface area contributed by atoms with Crippen molar-refractivity contribution in [3.8, 4) is 44.1 Å². The van der Waals surface area contributed by atoms with Gasteiger partial charge in [0.25, 0.3) is 0 Å². The normalized spacial score (nSPS) is 12.3. The van der Waals surface area contributed by atoms with E-state index in [9.17, 15) is 19.2 Å². The number of rotatable bonds is 38. The van der Waals surface area contributed by atoms with Gasteiger partial charge in [0.2, 0.25) is 0 Å². The van der Waals surface area contributed by atoms with Gasteiger partial charge in [-0.1, -0.05) is 279 Å². The Bertz CT molecular complexity index is 3690. The maximum absolute atomic E-state index is 11.7. The molecule has 0 saturated heterocycles. The second kappa shape index (κ2) is 47.3. The molecular weight excluding hydrogens is 1910 g/mol. The number of fused-ring (bicyclic) bond motifs is 7. The van der Waals surface area contributed by atoms with Crippen LogP contribution in [-0.4, -0.2) is 33.1 Å². The van der Waals surface area contributed by atoms with Crippen LogP contribution in [0.15, 0.2) is 188 Å². The second-order valence-corrected chi connectivity index (χ2v) is 32.5. The molecule has 0 N–H and O–H groups in total. The van der Waals surface area contributed by atoms with Gasteiger partial charge in [-0.3, -0.25) is 19.2 Å². The van der Waals surface area contributed by atoms with Crippen molar-refractivity contribution >= 4 is 108 Å². The first-order valence-corrected chi connectivity index (χ1v) is 41.6. The molecular formula is C90H104Br4Ir2N2O4S-2. The Labute approximate surface area is 681 Å². The Morgan fingerprint density at radius 3 is 1.10 bits per heavy atom. The summed E-state index contributed by atoms with van der Waals surface area (Å²) >= 11 is 16.8. The second-order valence-electron chi connectivity index (χ2n) is 27.8. The van der Waals surface area contributed by atoms with Crippen molar-refractivity contribution in [3.05, 3.63) is 222 Å². The quantitative estimate of drug-likeness (QED) is 0.0217. The molecule has 2 aliphatic carbocycles. The third kappa shape index (κ3) is 27.3. The molecule has 0 unspecified atom stereocenters. The van der Waals surface area contributed by atoms with Crippen LogP contribution in [0.2, 0.25) is 0 Å². The standard InChI is InChI=1S/2C33H44Br2O2.C13H8NS.C11H8N.2Ir/c2*1-3-4-5-13-20-33(21-14-11-9-7-6-8-10-12-15-28(37)22-25(2)36)31-23-26(34)16-18-29(31)30-19-17-27(35)24-32(30)33;1-2-7-12-10(5-1)9-13(15-12)11-6-3-4-8-14-11;1-2-6-10(7-3-1)11-8-4-5-9-12-11;;/h2*16-19,23-24H,3-15,20-22H2,1-2H3;1-8H;1-6,8-9H;;/q;;2*-1;;. The summed E-state index contributed by atoms with van der Waals surface area (Å²) in [6, 6.07) is 62.0. The average molecular weight is 2010 g/mol. The third-order valence-corrected chi connectivity index (χ3v) is 23.0. The number of carbonyl (C=O) groups excluding carboxylic acids is 4. The summed E-state index contributed by atoms with van der Waals surface area (Å²) < 4.78 is 5.98. The summed E-state index contributed by atoms with van der Waals surface area (Å²) in [5, 5.41) is 1.17. The number of thiophene rings is 1. The molecule has 2 radical (unpaired) electrons. The Morgan fingerprint density at radius 1 is 0.398 bits per heavy atom. The molecule has 0 amide bonds. The van der Waals surface area contributed by atoms with E-state index in [4.69, 9.17) is 0 Å². The van der Waals surface area contributed by atoms with E-state index in [2.05, 4.69) is 191 Å². The minimum Gasteiger partial charge on any atom is -0.305 e. The number of hydrogen-bond donors (Lipinski definition) is 0. The Morgan fingerprint density at radius 2 is 0.748 bits per heavy atom. The van der Waals surface area contributed by atoms with Crippen molar-refractivity contribution in [3.63, 3.8) is 0 Å². The molecule has 0 aliphatic heterocycles. The molecule has 3 aromatic heterocycles. The summed E-state index contributed by atoms with van der Waals surface area (Å²) in [6.45, 7) is 7.57. The molecule has 552 valence electrons. The van der Waals surface area contributed by atoms with Crippen molar-refractivity contribution < 1.29 is 59.4 Å². The van der Waals surface area contributed by atoms with Crippen LogP contribution in [0.25, 0.3) is 54.2 Å². The van der Waals surface area contributed by atoms with E-state index in [-0.39, 0.29) is 87.0 Å². The summed E-state index contributed by atoms with van der Waals surface area (Å²) in [5.74, 6) is 0.172. The van der Waals surface area contributed by atoms with Crippen molar-refractivity contribution in [2.24, 2.45) is 0 Å². The molecule has 13 heteroatoms. The van der Waals surface area contributed by atoms with Crippen LogP contribution in [0.4, 0.5) is 0 Å². The van der Waals surface area contributed by atoms with Crippen LogP contribution in [-0.2, 0) is 70.2 Å². The van der Waals surface area contributed by atoms with E-state index in [1.54, 1.807) is 17.5 Å². The maximum Gasteiger partial charge on any atom is 0.140 e. The number of Topliss-reactive ketones (excluding diaryl/α,β-unsaturated/α-hetero) is 4. The number of ketones is 4. The van der Waals surface area contributed by atoms with E-state index >= 15 is 0 Å². The number of carbonyl (C=O) groups is 4. The summed E-state index contributed by atoms with van der Waals surface area (Å²) in [7, 11) is 0. The third-order valence-electron chi connectivity index (χ3n) is 19.9. The van der Waals surface area contributed by atoms with E-state index < -0.39 is 0 Å². The molecule has 3 heterocycles. The van der Waals surface area contributed by atoms with Crippen LogP contribution >= 0.6 is 75.1 Å². The molecule has 0 saturated carbocycles. The van der Waals surface area contributed by atoms with Gasteiger partial charge >= 0.3 is 0 Å². The number of nitrogens with zero attached hydrogens (tertiary/aromatic N) is 2. The Kier molecular flexibility index (Phi) is 40.1. The van der Waals surface area contributed by atoms with Crippen LogP contribution in [0.3, 0.4) is 0 Å². The summed E-state index contributed by atoms with van der Waals surface area (Å²) in [5.41, 5.74) is 15.0. The number of hydrogen-bond acceptors (Lipinski definition) is 7. The molecule has 0 fully saturated rings. The predicted octanol–water partition coefficient (Wildman–Crippen LogP) is 28.1. The fourth-order valence-corrected chi connectivity index (χ4v) is 17.3. The summed E-state index contributed by atoms with van der Waals surface area (Å²) in [6.07, 6.45) is 39.3. The van der Waals surface area contributed by atoms with Crippen molar-refractivity contribution in [1.29, 1.82) is 0 Å². The van der Waals surface area contributed by atoms with Gasteiger partial charge in [0.15, 0.2) is 0 Å². The van der Waals surface area contributed by atoms with Gasteiger partial charge < -0.3 is 9.97 Å². The van der Waals surface area contributed by atoms with Crippen LogP contribution in [0.1, 0.15) is 255 Å². The number of pyridine rings is 2. The molecule has 103 heavy (non-hydrogen) atoms. The SMILES string of the molecule is CCCCCCC1(CCCCCCCCCCC(=O)CC(C)=O)c2cc(Br)ccc2-c2ccc(Br)cc21.CCCCCCC1(CCCCCCCCCCC(=O)CC(C)=O)c2cc(Br)ccc2-c2ccc(Br)cc21.[Ir].[Ir].[c-]1c(-c2ccccn2)sc2ccccc12.[c-]1ccccc1-c1ccccn1. The first-order valence-electron chi connectivity index (χ1n) is 37.6. The molecule has 0 spiro atoms. The molecule has 0 atom stereocenters. The van der Waals surface area contributed by atoms with Gasteiger partial charge in [0.1, 0.15) is 23.1 Å². The fraction of sp³-hybridized carbons (Fsp3) is 0.422. The van der Waals surface area contributed by atoms with Crippen LogP contribution in [0.5, 0.6) is 0 Å². The van der Waals surface area contributed by atoms with Crippen LogP contribution < -0.4 is 0 Å². The Hall–Kier alpha value is -4.52. The van der Waals surface area contributed by atoms with E-state index in [1.165, 1.54) is 240 Å². The predicted molar refractivity (Wildman–Crippen MR) is 439 cm³/mol. The Balaban J connectivity index is 0.000000234. The van der Waals surface area contributed by atoms with Gasteiger partial charge in [-0.25, -0.2) is 11.3 Å². The number of aromatic nitrogens is 2. The average Bonchev–Trinajstić information content (AvgIpc) is 1.58. The monoisotopic (exact) mass is 2010 g/mol. The van der Waals surface area contributed by atoms with Crippen molar-refractivity contribution in [2.45, 2.75) is 244 Å². The number of halogens is 4. The van der Waals surface area contributed by atoms with Crippen LogP contribution in [0, 0.1) is 12.1 Å². The van der Waals surface area contributed by atoms with Gasteiger partial charge in [-0.15, -0.1) is 59.5 Å². The first kappa shape index (κ1) is 87.4. The minimum absolute atomic E-state index is 0. The molecule has 0 bridgehead atoms. The molecule has 2 aliphatic rings. The van der Waals surface area contributed by atoms with Crippen molar-refractivity contribution in [2.75, 3.05) is 0 Å². The topological polar surface area (TPSA) is 94.1 Å². The van der Waals surface area contributed by atoms with Gasteiger partial charge in [-0.05, 0) is 173 Å². The van der Waals surface area contributed by atoms with E-state index in [0.717, 1.165) is 47.5 Å². The molecule has 9 aromatic rings. The molecule has 11 rings (SSSR count).